The van der Waals surface area contributed by atoms with E-state index in [0.29, 0.717) is 5.56 Å². The molecule has 0 saturated carbocycles. The quantitative estimate of drug-likeness (QED) is 0.771. The van der Waals surface area contributed by atoms with E-state index in [0.717, 1.165) is 11.3 Å². The van der Waals surface area contributed by atoms with Gasteiger partial charge in [-0.15, -0.1) is 0 Å². The molecule has 0 atom stereocenters. The van der Waals surface area contributed by atoms with Gasteiger partial charge >= 0.3 is 0 Å². The lowest BCUT2D eigenvalue weighted by Gasteiger charge is -1.99. The van der Waals surface area contributed by atoms with E-state index in [4.69, 9.17) is 11.6 Å². The normalized spacial score (nSPS) is 10.6. The lowest BCUT2D eigenvalue weighted by atomic mass is 10.1. The number of aromatic nitrogens is 1. The van der Waals surface area contributed by atoms with E-state index in [-0.39, 0.29) is 0 Å². The number of hydrogen-bond donors (Lipinski definition) is 0. The summed E-state index contributed by atoms with van der Waals surface area (Å²) in [4.78, 5) is 15.4. The van der Waals surface area contributed by atoms with Crippen LogP contribution in [-0.4, -0.2) is 10.2 Å². The van der Waals surface area contributed by atoms with Crippen molar-refractivity contribution < 1.29 is 4.79 Å². The first-order valence-electron chi connectivity index (χ1n) is 5.15. The van der Waals surface area contributed by atoms with Crippen LogP contribution in [0.4, 0.5) is 0 Å². The van der Waals surface area contributed by atoms with Gasteiger partial charge < -0.3 is 0 Å². The molecular formula is C14H10ClNO. The maximum Gasteiger partial charge on any atom is 0.252 e. The average molecular weight is 244 g/mol. The highest BCUT2D eigenvalue weighted by Crippen LogP contribution is 2.14. The number of benzene rings is 1. The van der Waals surface area contributed by atoms with E-state index in [2.05, 4.69) is 4.98 Å². The summed E-state index contributed by atoms with van der Waals surface area (Å²) in [5, 5.41) is -0.453. The van der Waals surface area contributed by atoms with Gasteiger partial charge in [0.05, 0.1) is 5.69 Å². The summed E-state index contributed by atoms with van der Waals surface area (Å²) < 4.78 is 0. The summed E-state index contributed by atoms with van der Waals surface area (Å²) >= 11 is 5.50. The molecule has 0 amide bonds. The van der Waals surface area contributed by atoms with Crippen LogP contribution < -0.4 is 0 Å². The number of pyridine rings is 1. The van der Waals surface area contributed by atoms with Crippen molar-refractivity contribution in [1.29, 1.82) is 0 Å². The summed E-state index contributed by atoms with van der Waals surface area (Å²) in [6.45, 7) is 0. The summed E-state index contributed by atoms with van der Waals surface area (Å²) in [5.74, 6) is 0. The predicted octanol–water partition coefficient (Wildman–Crippen LogP) is 3.63. The Labute approximate surface area is 105 Å². The molecule has 1 aromatic carbocycles. The third kappa shape index (κ3) is 3.02. The molecule has 84 valence electrons. The molecule has 0 aliphatic heterocycles. The minimum atomic E-state index is -0.453. The van der Waals surface area contributed by atoms with Gasteiger partial charge in [0.25, 0.3) is 5.24 Å². The Bertz CT molecular complexity index is 549. The second kappa shape index (κ2) is 5.41. The van der Waals surface area contributed by atoms with Crippen LogP contribution in [0.5, 0.6) is 0 Å². The van der Waals surface area contributed by atoms with Gasteiger partial charge in [-0.2, -0.15) is 0 Å². The van der Waals surface area contributed by atoms with E-state index in [9.17, 15) is 4.79 Å². The van der Waals surface area contributed by atoms with E-state index >= 15 is 0 Å². The van der Waals surface area contributed by atoms with E-state index in [1.807, 2.05) is 42.5 Å². The second-order valence-electron chi connectivity index (χ2n) is 3.45. The fraction of sp³-hybridized carbons (Fsp3) is 0. The third-order valence-corrected chi connectivity index (χ3v) is 2.50. The number of carbonyl (C=O) groups excluding carboxylic acids is 1. The van der Waals surface area contributed by atoms with Crippen LogP contribution in [0.3, 0.4) is 0 Å². The molecule has 3 heteroatoms. The van der Waals surface area contributed by atoms with Crippen molar-refractivity contribution in [2.45, 2.75) is 0 Å². The van der Waals surface area contributed by atoms with Crippen molar-refractivity contribution in [3.05, 3.63) is 65.5 Å². The first-order valence-corrected chi connectivity index (χ1v) is 5.53. The molecule has 17 heavy (non-hydrogen) atoms. The van der Waals surface area contributed by atoms with Gasteiger partial charge in [0.15, 0.2) is 0 Å². The Balaban J connectivity index is 2.30. The van der Waals surface area contributed by atoms with Crippen LogP contribution in [0.1, 0.15) is 21.6 Å². The molecule has 0 bridgehead atoms. The molecular weight excluding hydrogens is 234 g/mol. The number of nitrogens with zero attached hydrogens (tertiary/aromatic N) is 1. The average Bonchev–Trinajstić information content (AvgIpc) is 2.38. The molecule has 0 fully saturated rings. The maximum atomic E-state index is 11.2. The van der Waals surface area contributed by atoms with Gasteiger partial charge in [0.1, 0.15) is 0 Å². The van der Waals surface area contributed by atoms with Crippen molar-refractivity contribution >= 4 is 29.0 Å². The Morgan fingerprint density at radius 2 is 1.82 bits per heavy atom. The van der Waals surface area contributed by atoms with E-state index in [1.54, 1.807) is 18.3 Å². The first kappa shape index (κ1) is 11.6. The van der Waals surface area contributed by atoms with Gasteiger partial charge in [-0.25, -0.2) is 0 Å². The first-order chi connectivity index (χ1) is 8.27. The summed E-state index contributed by atoms with van der Waals surface area (Å²) in [6.07, 6.45) is 5.40. The molecule has 2 rings (SSSR count). The van der Waals surface area contributed by atoms with Crippen molar-refractivity contribution in [3.63, 3.8) is 0 Å². The highest BCUT2D eigenvalue weighted by Gasteiger charge is 2.04. The van der Waals surface area contributed by atoms with Crippen LogP contribution in [-0.2, 0) is 0 Å². The Morgan fingerprint density at radius 3 is 2.53 bits per heavy atom. The fourth-order valence-electron chi connectivity index (χ4n) is 1.47. The zero-order valence-corrected chi connectivity index (χ0v) is 9.76. The van der Waals surface area contributed by atoms with Crippen LogP contribution >= 0.6 is 11.6 Å². The highest BCUT2D eigenvalue weighted by atomic mass is 35.5. The van der Waals surface area contributed by atoms with Crippen molar-refractivity contribution in [2.75, 3.05) is 0 Å². The van der Waals surface area contributed by atoms with Crippen LogP contribution in [0.2, 0.25) is 0 Å². The number of carbonyl (C=O) groups is 1. The topological polar surface area (TPSA) is 30.0 Å². The van der Waals surface area contributed by atoms with E-state index < -0.39 is 5.24 Å². The Kier molecular flexibility index (Phi) is 3.68. The number of halogens is 1. The molecule has 0 N–H and O–H groups in total. The van der Waals surface area contributed by atoms with Gasteiger partial charge in [-0.3, -0.25) is 9.78 Å². The SMILES string of the molecule is O=C(Cl)c1ccccc1C=Cc1ccccn1. The zero-order valence-electron chi connectivity index (χ0n) is 9.01. The molecule has 0 spiro atoms. The molecule has 1 aromatic heterocycles. The van der Waals surface area contributed by atoms with Crippen molar-refractivity contribution in [3.8, 4) is 0 Å². The Hall–Kier alpha value is -1.93. The van der Waals surface area contributed by atoms with Gasteiger partial charge in [0, 0.05) is 11.8 Å². The van der Waals surface area contributed by atoms with E-state index in [1.165, 1.54) is 0 Å². The lowest BCUT2D eigenvalue weighted by molar-refractivity contribution is 0.108. The number of rotatable bonds is 3. The molecule has 1 heterocycles. The predicted molar refractivity (Wildman–Crippen MR) is 69.8 cm³/mol. The zero-order chi connectivity index (χ0) is 12.1. The minimum absolute atomic E-state index is 0.453. The van der Waals surface area contributed by atoms with Crippen LogP contribution in [0.15, 0.2) is 48.7 Å². The smallest absolute Gasteiger partial charge is 0.252 e. The van der Waals surface area contributed by atoms with Gasteiger partial charge in [-0.1, -0.05) is 30.3 Å². The standard InChI is InChI=1S/C14H10ClNO/c15-14(17)13-7-2-1-5-11(13)8-9-12-6-3-4-10-16-12/h1-10H. The van der Waals surface area contributed by atoms with Gasteiger partial charge in [-0.05, 0) is 41.4 Å². The highest BCUT2D eigenvalue weighted by molar-refractivity contribution is 6.68. The molecule has 0 aliphatic rings. The second-order valence-corrected chi connectivity index (χ2v) is 3.79. The molecule has 0 radical (unpaired) electrons. The summed E-state index contributed by atoms with van der Waals surface area (Å²) in [7, 11) is 0. The largest absolute Gasteiger partial charge is 0.276 e. The third-order valence-electron chi connectivity index (χ3n) is 2.29. The monoisotopic (exact) mass is 243 g/mol. The number of hydrogen-bond acceptors (Lipinski definition) is 2. The van der Waals surface area contributed by atoms with Crippen LogP contribution in [0, 0.1) is 0 Å². The summed E-state index contributed by atoms with van der Waals surface area (Å²) in [6, 6.07) is 12.8. The molecule has 2 aromatic rings. The lowest BCUT2D eigenvalue weighted by Crippen LogP contribution is -1.92. The van der Waals surface area contributed by atoms with Crippen molar-refractivity contribution in [1.82, 2.24) is 4.98 Å². The Morgan fingerprint density at radius 1 is 1.06 bits per heavy atom. The molecule has 0 saturated heterocycles. The molecule has 0 unspecified atom stereocenters. The maximum absolute atomic E-state index is 11.2. The van der Waals surface area contributed by atoms with Crippen LogP contribution in [0.25, 0.3) is 12.2 Å². The fourth-order valence-corrected chi connectivity index (χ4v) is 1.64. The minimum Gasteiger partial charge on any atom is -0.276 e. The molecule has 0 aliphatic carbocycles. The van der Waals surface area contributed by atoms with Crippen molar-refractivity contribution in [2.24, 2.45) is 0 Å². The molecule has 2 nitrogen and oxygen atoms in total. The van der Waals surface area contributed by atoms with Gasteiger partial charge in [0.2, 0.25) is 0 Å². The summed E-state index contributed by atoms with van der Waals surface area (Å²) in [5.41, 5.74) is 2.13.